The van der Waals surface area contributed by atoms with Gasteiger partial charge in [0, 0.05) is 69.7 Å². The molecule has 192 valence electrons. The van der Waals surface area contributed by atoms with Gasteiger partial charge in [-0.15, -0.1) is 0 Å². The topological polar surface area (TPSA) is 95.6 Å². The highest BCUT2D eigenvalue weighted by atomic mass is 16.6. The Morgan fingerprint density at radius 1 is 1.00 bits per heavy atom. The van der Waals surface area contributed by atoms with Crippen LogP contribution in [-0.4, -0.2) is 89.0 Å². The number of piperazine rings is 1. The van der Waals surface area contributed by atoms with Crippen molar-refractivity contribution in [3.63, 3.8) is 0 Å². The Morgan fingerprint density at radius 3 is 2.47 bits per heavy atom. The molecule has 10 nitrogen and oxygen atoms in total. The smallest absolute Gasteiger partial charge is 0.315 e. The Bertz CT molecular complexity index is 1070. The van der Waals surface area contributed by atoms with Crippen LogP contribution in [0, 0.1) is 0 Å². The highest BCUT2D eigenvalue weighted by Gasteiger charge is 2.32. The molecule has 2 aromatic rings. The van der Waals surface area contributed by atoms with Crippen LogP contribution in [0.15, 0.2) is 42.5 Å². The van der Waals surface area contributed by atoms with Gasteiger partial charge in [0.15, 0.2) is 11.5 Å². The lowest BCUT2D eigenvalue weighted by atomic mass is 10.2. The predicted molar refractivity (Wildman–Crippen MR) is 136 cm³/mol. The average Bonchev–Trinajstić information content (AvgIpc) is 3.28. The van der Waals surface area contributed by atoms with E-state index in [1.54, 1.807) is 12.0 Å². The fourth-order valence-corrected chi connectivity index (χ4v) is 4.84. The molecule has 0 aliphatic carbocycles. The number of urea groups is 1. The summed E-state index contributed by atoms with van der Waals surface area (Å²) in [5.74, 6) is 2.17. The number of anilines is 2. The monoisotopic (exact) mass is 495 g/mol. The molecule has 1 atom stereocenters. The Morgan fingerprint density at radius 2 is 1.72 bits per heavy atom. The first kappa shape index (κ1) is 24.1. The van der Waals surface area contributed by atoms with E-state index in [0.29, 0.717) is 37.8 Å². The first-order chi connectivity index (χ1) is 17.6. The van der Waals surface area contributed by atoms with E-state index in [1.807, 2.05) is 30.3 Å². The molecular formula is C26H33N5O5. The molecule has 2 fully saturated rings. The number of carbonyl (C=O) groups excluding carboxylic acids is 2. The van der Waals surface area contributed by atoms with E-state index in [0.717, 1.165) is 44.2 Å². The summed E-state index contributed by atoms with van der Waals surface area (Å²) in [6.07, 6.45) is 0.273. The normalized spacial score (nSPS) is 19.8. The largest absolute Gasteiger partial charge is 0.497 e. The SMILES string of the molecule is COc1ccc(N2CCN(CCNC(=O)N[C@@H]3CC(=O)N(c4ccc5c(c4)OCCO5)C3)CC2)cc1. The summed E-state index contributed by atoms with van der Waals surface area (Å²) in [5, 5.41) is 5.88. The standard InChI is InChI=1S/C26H33N5O5/c1-34-22-5-2-20(3-6-22)30-12-10-29(11-13-30)9-8-27-26(33)28-19-16-25(32)31(18-19)21-4-7-23-24(17-21)36-15-14-35-23/h2-7,17,19H,8-16,18H2,1H3,(H2,27,28,33)/t19-/m1/s1. The lowest BCUT2D eigenvalue weighted by Crippen LogP contribution is -2.50. The van der Waals surface area contributed by atoms with Crippen LogP contribution in [-0.2, 0) is 4.79 Å². The van der Waals surface area contributed by atoms with Crippen LogP contribution in [0.1, 0.15) is 6.42 Å². The number of rotatable bonds is 7. The van der Waals surface area contributed by atoms with Crippen molar-refractivity contribution < 1.29 is 23.8 Å². The minimum absolute atomic E-state index is 0.0216. The third-order valence-electron chi connectivity index (χ3n) is 6.82. The number of methoxy groups -OCH3 is 1. The van der Waals surface area contributed by atoms with Crippen LogP contribution in [0.5, 0.6) is 17.2 Å². The van der Waals surface area contributed by atoms with Gasteiger partial charge in [-0.3, -0.25) is 9.69 Å². The number of benzene rings is 2. The van der Waals surface area contributed by atoms with Crippen LogP contribution >= 0.6 is 0 Å². The molecular weight excluding hydrogens is 462 g/mol. The van der Waals surface area contributed by atoms with Gasteiger partial charge in [0.2, 0.25) is 5.91 Å². The lowest BCUT2D eigenvalue weighted by molar-refractivity contribution is -0.117. The summed E-state index contributed by atoms with van der Waals surface area (Å²) < 4.78 is 16.4. The van der Waals surface area contributed by atoms with Gasteiger partial charge in [0.1, 0.15) is 19.0 Å². The molecule has 36 heavy (non-hydrogen) atoms. The number of nitrogens with one attached hydrogen (secondary N) is 2. The van der Waals surface area contributed by atoms with Crippen LogP contribution in [0.3, 0.4) is 0 Å². The summed E-state index contributed by atoms with van der Waals surface area (Å²) in [7, 11) is 1.67. The number of ether oxygens (including phenoxy) is 3. The highest BCUT2D eigenvalue weighted by Crippen LogP contribution is 2.35. The first-order valence-electron chi connectivity index (χ1n) is 12.4. The van der Waals surface area contributed by atoms with E-state index >= 15 is 0 Å². The van der Waals surface area contributed by atoms with Crippen molar-refractivity contribution in [2.24, 2.45) is 0 Å². The molecule has 10 heteroatoms. The molecule has 0 bridgehead atoms. The van der Waals surface area contributed by atoms with Crippen LogP contribution in [0.25, 0.3) is 0 Å². The summed E-state index contributed by atoms with van der Waals surface area (Å²) in [5.41, 5.74) is 1.95. The second-order valence-corrected chi connectivity index (χ2v) is 9.16. The highest BCUT2D eigenvalue weighted by molar-refractivity contribution is 5.97. The van der Waals surface area contributed by atoms with E-state index in [1.165, 1.54) is 5.69 Å². The van der Waals surface area contributed by atoms with E-state index < -0.39 is 0 Å². The molecule has 0 spiro atoms. The van der Waals surface area contributed by atoms with Crippen molar-refractivity contribution >= 4 is 23.3 Å². The Kier molecular flexibility index (Phi) is 7.31. The molecule has 5 rings (SSSR count). The van der Waals surface area contributed by atoms with E-state index in [-0.39, 0.29) is 24.4 Å². The maximum atomic E-state index is 12.6. The fraction of sp³-hybridized carbons (Fsp3) is 0.462. The van der Waals surface area contributed by atoms with Gasteiger partial charge in [0.25, 0.3) is 0 Å². The summed E-state index contributed by atoms with van der Waals surface area (Å²) in [6, 6.07) is 13.2. The molecule has 0 radical (unpaired) electrons. The third-order valence-corrected chi connectivity index (χ3v) is 6.82. The van der Waals surface area contributed by atoms with Crippen LogP contribution in [0.2, 0.25) is 0 Å². The number of nitrogens with zero attached hydrogens (tertiary/aromatic N) is 3. The second-order valence-electron chi connectivity index (χ2n) is 9.16. The van der Waals surface area contributed by atoms with Gasteiger partial charge in [-0.05, 0) is 36.4 Å². The predicted octanol–water partition coefficient (Wildman–Crippen LogP) is 1.69. The third kappa shape index (κ3) is 5.59. The van der Waals surface area contributed by atoms with Crippen molar-refractivity contribution in [1.29, 1.82) is 0 Å². The summed E-state index contributed by atoms with van der Waals surface area (Å²) in [6.45, 7) is 6.56. The zero-order chi connectivity index (χ0) is 24.9. The fourth-order valence-electron chi connectivity index (χ4n) is 4.84. The van der Waals surface area contributed by atoms with Gasteiger partial charge < -0.3 is 34.6 Å². The van der Waals surface area contributed by atoms with Crippen molar-refractivity contribution in [3.8, 4) is 17.2 Å². The molecule has 2 aromatic carbocycles. The molecule has 3 amide bonds. The zero-order valence-electron chi connectivity index (χ0n) is 20.6. The molecule has 3 heterocycles. The maximum Gasteiger partial charge on any atom is 0.315 e. The molecule has 0 saturated carbocycles. The van der Waals surface area contributed by atoms with E-state index in [2.05, 4.69) is 32.6 Å². The van der Waals surface area contributed by atoms with Crippen LogP contribution in [0.4, 0.5) is 16.2 Å². The molecule has 0 aromatic heterocycles. The molecule has 3 aliphatic rings. The maximum absolute atomic E-state index is 12.6. The number of amides is 3. The van der Waals surface area contributed by atoms with Gasteiger partial charge in [-0.2, -0.15) is 0 Å². The van der Waals surface area contributed by atoms with Gasteiger partial charge >= 0.3 is 6.03 Å². The Labute approximate surface area is 211 Å². The van der Waals surface area contributed by atoms with Gasteiger partial charge in [0.05, 0.1) is 13.2 Å². The minimum atomic E-state index is -0.242. The number of fused-ring (bicyclic) bond motifs is 1. The summed E-state index contributed by atoms with van der Waals surface area (Å²) >= 11 is 0. The molecule has 2 saturated heterocycles. The van der Waals surface area contributed by atoms with Crippen LogP contribution < -0.4 is 34.6 Å². The van der Waals surface area contributed by atoms with Crippen molar-refractivity contribution in [3.05, 3.63) is 42.5 Å². The molecule has 2 N–H and O–H groups in total. The van der Waals surface area contributed by atoms with Crippen molar-refractivity contribution in [1.82, 2.24) is 15.5 Å². The lowest BCUT2D eigenvalue weighted by Gasteiger charge is -2.36. The Balaban J connectivity index is 1.02. The second kappa shape index (κ2) is 10.9. The summed E-state index contributed by atoms with van der Waals surface area (Å²) in [4.78, 5) is 31.4. The minimum Gasteiger partial charge on any atom is -0.497 e. The van der Waals surface area contributed by atoms with Crippen molar-refractivity contribution in [2.45, 2.75) is 12.5 Å². The van der Waals surface area contributed by atoms with E-state index in [9.17, 15) is 9.59 Å². The number of hydrogen-bond acceptors (Lipinski definition) is 7. The van der Waals surface area contributed by atoms with Crippen molar-refractivity contribution in [2.75, 3.05) is 75.9 Å². The van der Waals surface area contributed by atoms with E-state index in [4.69, 9.17) is 14.2 Å². The van der Waals surface area contributed by atoms with Gasteiger partial charge in [-0.25, -0.2) is 4.79 Å². The Hall–Kier alpha value is -3.66. The quantitative estimate of drug-likeness (QED) is 0.604. The average molecular weight is 496 g/mol. The first-order valence-corrected chi connectivity index (χ1v) is 12.4. The number of hydrogen-bond donors (Lipinski definition) is 2. The van der Waals surface area contributed by atoms with Gasteiger partial charge in [-0.1, -0.05) is 0 Å². The number of carbonyl (C=O) groups is 2. The molecule has 3 aliphatic heterocycles. The molecule has 0 unspecified atom stereocenters. The zero-order valence-corrected chi connectivity index (χ0v) is 20.6.